The van der Waals surface area contributed by atoms with Crippen LogP contribution < -0.4 is 5.14 Å². The molecule has 9 heavy (non-hydrogen) atoms. The lowest BCUT2D eigenvalue weighted by Crippen LogP contribution is -2.24. The standard InChI is InChI=1S/C5H9NO2S/c1-3-5(4-2)9(6,7)8/h3-5H,1-2H2,(H2,6,7,8). The van der Waals surface area contributed by atoms with Gasteiger partial charge in [0.15, 0.2) is 0 Å². The number of nitrogens with two attached hydrogens (primary N) is 1. The number of hydrogen-bond donors (Lipinski definition) is 1. The molecule has 0 amide bonds. The third kappa shape index (κ3) is 2.43. The van der Waals surface area contributed by atoms with Gasteiger partial charge in [0, 0.05) is 0 Å². The number of primary sulfonamides is 1. The van der Waals surface area contributed by atoms with E-state index in [0.717, 1.165) is 0 Å². The molecule has 0 aromatic carbocycles. The van der Waals surface area contributed by atoms with Crippen molar-refractivity contribution in [3.63, 3.8) is 0 Å². The van der Waals surface area contributed by atoms with Gasteiger partial charge in [-0.25, -0.2) is 13.6 Å². The molecule has 0 rings (SSSR count). The maximum Gasteiger partial charge on any atom is 0.219 e. The van der Waals surface area contributed by atoms with Gasteiger partial charge in [-0.3, -0.25) is 0 Å². The molecule has 0 spiro atoms. The maximum absolute atomic E-state index is 10.4. The average Bonchev–Trinajstić information content (AvgIpc) is 1.65. The smallest absolute Gasteiger partial charge is 0.219 e. The van der Waals surface area contributed by atoms with Gasteiger partial charge in [-0.2, -0.15) is 0 Å². The van der Waals surface area contributed by atoms with Crippen LogP contribution in [0, 0.1) is 0 Å². The molecule has 52 valence electrons. The first-order valence-corrected chi connectivity index (χ1v) is 3.90. The Bertz CT molecular complexity index is 197. The van der Waals surface area contributed by atoms with Crippen LogP contribution in [0.4, 0.5) is 0 Å². The molecule has 0 fully saturated rings. The fourth-order valence-electron chi connectivity index (χ4n) is 0.364. The molecule has 3 nitrogen and oxygen atoms in total. The first kappa shape index (κ1) is 8.39. The molecular formula is C5H9NO2S. The van der Waals surface area contributed by atoms with Gasteiger partial charge >= 0.3 is 0 Å². The van der Waals surface area contributed by atoms with Crippen LogP contribution in [0.5, 0.6) is 0 Å². The first-order chi connectivity index (χ1) is 4.02. The monoisotopic (exact) mass is 147 g/mol. The van der Waals surface area contributed by atoms with Gasteiger partial charge in [0.2, 0.25) is 10.0 Å². The molecule has 0 aliphatic heterocycles. The summed E-state index contributed by atoms with van der Waals surface area (Å²) in [6.07, 6.45) is 2.45. The van der Waals surface area contributed by atoms with E-state index >= 15 is 0 Å². The van der Waals surface area contributed by atoms with E-state index in [4.69, 9.17) is 5.14 Å². The fourth-order valence-corrected chi connectivity index (χ4v) is 0.901. The summed E-state index contributed by atoms with van der Waals surface area (Å²) in [7, 11) is -3.50. The normalized spacial score (nSPS) is 11.3. The lowest BCUT2D eigenvalue weighted by Gasteiger charge is -2.00. The van der Waals surface area contributed by atoms with Crippen LogP contribution in [0.15, 0.2) is 25.3 Å². The zero-order chi connectivity index (χ0) is 7.49. The molecule has 0 bridgehead atoms. The average molecular weight is 147 g/mol. The second-order valence-electron chi connectivity index (χ2n) is 1.53. The van der Waals surface area contributed by atoms with Crippen LogP contribution in [-0.4, -0.2) is 13.7 Å². The Morgan fingerprint density at radius 1 is 1.33 bits per heavy atom. The van der Waals surface area contributed by atoms with E-state index in [9.17, 15) is 8.42 Å². The van der Waals surface area contributed by atoms with E-state index in [-0.39, 0.29) is 0 Å². The van der Waals surface area contributed by atoms with Crippen LogP contribution >= 0.6 is 0 Å². The van der Waals surface area contributed by atoms with Crippen molar-refractivity contribution in [2.24, 2.45) is 5.14 Å². The Labute approximate surface area is 54.9 Å². The summed E-state index contributed by atoms with van der Waals surface area (Å²) in [5.41, 5.74) is 0. The predicted molar refractivity (Wildman–Crippen MR) is 37.3 cm³/mol. The molecular weight excluding hydrogens is 138 g/mol. The van der Waals surface area contributed by atoms with Gasteiger partial charge in [0.1, 0.15) is 5.25 Å². The van der Waals surface area contributed by atoms with Crippen LogP contribution in [0.1, 0.15) is 0 Å². The van der Waals surface area contributed by atoms with Gasteiger partial charge in [-0.1, -0.05) is 12.2 Å². The molecule has 4 heteroatoms. The number of sulfonamides is 1. The number of rotatable bonds is 3. The predicted octanol–water partition coefficient (Wildman–Crippen LogP) is 0.0155. The highest BCUT2D eigenvalue weighted by molar-refractivity contribution is 7.90. The quantitative estimate of drug-likeness (QED) is 0.572. The minimum Gasteiger partial charge on any atom is -0.228 e. The highest BCUT2D eigenvalue weighted by Gasteiger charge is 2.11. The third-order valence-corrected chi connectivity index (χ3v) is 1.99. The molecule has 0 aliphatic rings. The summed E-state index contributed by atoms with van der Waals surface area (Å²) in [6.45, 7) is 6.54. The highest BCUT2D eigenvalue weighted by atomic mass is 32.2. The van der Waals surface area contributed by atoms with E-state index < -0.39 is 15.3 Å². The Kier molecular flexibility index (Phi) is 2.61. The summed E-state index contributed by atoms with van der Waals surface area (Å²) < 4.78 is 20.9. The van der Waals surface area contributed by atoms with E-state index in [0.29, 0.717) is 0 Å². The Morgan fingerprint density at radius 2 is 1.67 bits per heavy atom. The third-order valence-electron chi connectivity index (χ3n) is 0.844. The summed E-state index contributed by atoms with van der Waals surface area (Å²) in [6, 6.07) is 0. The molecule has 0 saturated heterocycles. The van der Waals surface area contributed by atoms with E-state index in [1.54, 1.807) is 0 Å². The van der Waals surface area contributed by atoms with Crippen molar-refractivity contribution < 1.29 is 8.42 Å². The van der Waals surface area contributed by atoms with Crippen molar-refractivity contribution in [1.82, 2.24) is 0 Å². The first-order valence-electron chi connectivity index (χ1n) is 2.29. The van der Waals surface area contributed by atoms with Gasteiger partial charge in [0.25, 0.3) is 0 Å². The van der Waals surface area contributed by atoms with Crippen molar-refractivity contribution >= 4 is 10.0 Å². The molecule has 0 radical (unpaired) electrons. The lowest BCUT2D eigenvalue weighted by atomic mass is 10.4. The SMILES string of the molecule is C=CC(C=C)S(N)(=O)=O. The zero-order valence-electron chi connectivity index (χ0n) is 4.95. The molecule has 0 saturated carbocycles. The Hall–Kier alpha value is -0.610. The molecule has 2 N–H and O–H groups in total. The van der Waals surface area contributed by atoms with Crippen molar-refractivity contribution in [2.45, 2.75) is 5.25 Å². The topological polar surface area (TPSA) is 60.2 Å². The van der Waals surface area contributed by atoms with Crippen LogP contribution in [0.25, 0.3) is 0 Å². The van der Waals surface area contributed by atoms with Crippen molar-refractivity contribution in [1.29, 1.82) is 0 Å². The molecule has 0 aliphatic carbocycles. The Morgan fingerprint density at radius 3 is 1.67 bits per heavy atom. The zero-order valence-corrected chi connectivity index (χ0v) is 5.76. The van der Waals surface area contributed by atoms with Gasteiger partial charge in [-0.05, 0) is 0 Å². The summed E-state index contributed by atoms with van der Waals surface area (Å²) in [5.74, 6) is 0. The summed E-state index contributed by atoms with van der Waals surface area (Å²) in [4.78, 5) is 0. The van der Waals surface area contributed by atoms with Crippen LogP contribution in [0.3, 0.4) is 0 Å². The molecule has 0 heterocycles. The van der Waals surface area contributed by atoms with E-state index in [1.807, 2.05) is 0 Å². The lowest BCUT2D eigenvalue weighted by molar-refractivity contribution is 0.596. The summed E-state index contributed by atoms with van der Waals surface area (Å²) in [5, 5.41) is 3.91. The molecule has 0 unspecified atom stereocenters. The maximum atomic E-state index is 10.4. The van der Waals surface area contributed by atoms with E-state index in [1.165, 1.54) is 12.2 Å². The number of hydrogen-bond acceptors (Lipinski definition) is 2. The highest BCUT2D eigenvalue weighted by Crippen LogP contribution is 1.96. The minimum absolute atomic E-state index is 0.822. The fraction of sp³-hybridized carbons (Fsp3) is 0.200. The molecule has 0 atom stereocenters. The van der Waals surface area contributed by atoms with Gasteiger partial charge in [0.05, 0.1) is 0 Å². The van der Waals surface area contributed by atoms with Crippen LogP contribution in [0.2, 0.25) is 0 Å². The van der Waals surface area contributed by atoms with E-state index in [2.05, 4.69) is 13.2 Å². The van der Waals surface area contributed by atoms with Gasteiger partial charge < -0.3 is 0 Å². The minimum atomic E-state index is -3.50. The Balaban J connectivity index is 4.51. The second kappa shape index (κ2) is 2.80. The molecule has 0 aromatic rings. The summed E-state index contributed by atoms with van der Waals surface area (Å²) >= 11 is 0. The van der Waals surface area contributed by atoms with Crippen molar-refractivity contribution in [3.05, 3.63) is 25.3 Å². The second-order valence-corrected chi connectivity index (χ2v) is 3.25. The molecule has 0 aromatic heterocycles. The van der Waals surface area contributed by atoms with Crippen molar-refractivity contribution in [2.75, 3.05) is 0 Å². The van der Waals surface area contributed by atoms with Crippen molar-refractivity contribution in [3.8, 4) is 0 Å². The van der Waals surface area contributed by atoms with Crippen LogP contribution in [-0.2, 0) is 10.0 Å². The largest absolute Gasteiger partial charge is 0.228 e. The van der Waals surface area contributed by atoms with Gasteiger partial charge in [-0.15, -0.1) is 13.2 Å².